The number of likely N-dealkylation sites (N-methyl/N-ethyl adjacent to an activating group) is 1. The van der Waals surface area contributed by atoms with Gasteiger partial charge in [0.2, 0.25) is 0 Å². The predicted octanol–water partition coefficient (Wildman–Crippen LogP) is 1.34. The van der Waals surface area contributed by atoms with Crippen molar-refractivity contribution in [2.75, 3.05) is 14.2 Å². The quantitative estimate of drug-likeness (QED) is 0.768. The summed E-state index contributed by atoms with van der Waals surface area (Å²) in [7, 11) is 2.84. The van der Waals surface area contributed by atoms with E-state index in [2.05, 4.69) is 0 Å². The molecule has 2 rings (SSSR count). The van der Waals surface area contributed by atoms with Gasteiger partial charge in [-0.15, -0.1) is 0 Å². The number of carbonyl (C=O) groups is 2. The van der Waals surface area contributed by atoms with Gasteiger partial charge in [0.25, 0.3) is 5.91 Å². The highest BCUT2D eigenvalue weighted by atomic mass is 16.8. The second-order valence-electron chi connectivity index (χ2n) is 5.62. The van der Waals surface area contributed by atoms with E-state index >= 15 is 0 Å². The van der Waals surface area contributed by atoms with Crippen LogP contribution in [0.25, 0.3) is 0 Å². The number of carbonyl (C=O) groups excluding carboxylic acids is 2. The zero-order valence-corrected chi connectivity index (χ0v) is 13.2. The number of ether oxygens (including phenoxy) is 2. The minimum atomic E-state index is -1.00. The van der Waals surface area contributed by atoms with Gasteiger partial charge in [-0.2, -0.15) is 0 Å². The average Bonchev–Trinajstić information content (AvgIpc) is 2.82. The van der Waals surface area contributed by atoms with E-state index in [-0.39, 0.29) is 12.2 Å². The number of hydrogen-bond donors (Lipinski definition) is 0. The Kier molecular flexibility index (Phi) is 4.95. The molecule has 1 aromatic rings. The Labute approximate surface area is 129 Å². The Bertz CT molecular complexity index is 543. The van der Waals surface area contributed by atoms with Crippen LogP contribution >= 0.6 is 0 Å². The third-order valence-corrected chi connectivity index (χ3v) is 3.46. The molecule has 0 spiro atoms. The van der Waals surface area contributed by atoms with Gasteiger partial charge in [-0.3, -0.25) is 14.4 Å². The number of nitrogens with zero attached hydrogens (tertiary/aromatic N) is 1. The monoisotopic (exact) mass is 307 g/mol. The fourth-order valence-corrected chi connectivity index (χ4v) is 2.34. The Hall–Kier alpha value is -1.76. The van der Waals surface area contributed by atoms with Crippen LogP contribution < -0.4 is 0 Å². The molecule has 1 fully saturated rings. The zero-order valence-electron chi connectivity index (χ0n) is 13.2. The Morgan fingerprint density at radius 1 is 1.18 bits per heavy atom. The fraction of sp³-hybridized carbons (Fsp3) is 0.500. The average molecular weight is 307 g/mol. The number of rotatable bonds is 5. The molecule has 1 saturated heterocycles. The zero-order chi connectivity index (χ0) is 16.3. The third-order valence-electron chi connectivity index (χ3n) is 3.46. The Balaban J connectivity index is 2.15. The summed E-state index contributed by atoms with van der Waals surface area (Å²) >= 11 is 0. The minimum absolute atomic E-state index is 0.186. The lowest BCUT2D eigenvalue weighted by molar-refractivity contribution is -0.187. The van der Waals surface area contributed by atoms with Crippen LogP contribution in [0.1, 0.15) is 19.4 Å². The van der Waals surface area contributed by atoms with Gasteiger partial charge < -0.3 is 9.47 Å². The highest BCUT2D eigenvalue weighted by Gasteiger charge is 2.49. The normalized spacial score (nSPS) is 23.3. The molecule has 1 heterocycles. The van der Waals surface area contributed by atoms with Gasteiger partial charge >= 0.3 is 0 Å². The molecule has 0 bridgehead atoms. The van der Waals surface area contributed by atoms with Crippen LogP contribution in [0.15, 0.2) is 30.3 Å². The summed E-state index contributed by atoms with van der Waals surface area (Å²) in [4.78, 5) is 29.7. The summed E-state index contributed by atoms with van der Waals surface area (Å²) in [6.45, 7) is 3.35. The largest absolute Gasteiger partial charge is 0.336 e. The van der Waals surface area contributed by atoms with Gasteiger partial charge in [-0.1, -0.05) is 30.3 Å². The second kappa shape index (κ2) is 6.56. The number of Topliss-reactive ketones (excluding diaryl/α,β-unsaturated/α-hetero) is 1. The van der Waals surface area contributed by atoms with Crippen LogP contribution in [0.3, 0.4) is 0 Å². The lowest BCUT2D eigenvalue weighted by Crippen LogP contribution is -2.44. The highest BCUT2D eigenvalue weighted by Crippen LogP contribution is 2.30. The van der Waals surface area contributed by atoms with E-state index < -0.39 is 23.9 Å². The van der Waals surface area contributed by atoms with E-state index in [1.165, 1.54) is 14.2 Å². The van der Waals surface area contributed by atoms with Crippen molar-refractivity contribution in [3.8, 4) is 0 Å². The van der Waals surface area contributed by atoms with Crippen molar-refractivity contribution in [1.29, 1.82) is 0 Å². The summed E-state index contributed by atoms with van der Waals surface area (Å²) in [5, 5.41) is 1.04. The molecule has 6 heteroatoms. The fourth-order valence-electron chi connectivity index (χ4n) is 2.34. The van der Waals surface area contributed by atoms with Crippen LogP contribution in [0.5, 0.6) is 0 Å². The lowest BCUT2D eigenvalue weighted by Gasteiger charge is -2.20. The molecule has 2 atom stereocenters. The third kappa shape index (κ3) is 3.71. The molecular weight excluding hydrogens is 286 g/mol. The molecule has 1 aliphatic rings. The van der Waals surface area contributed by atoms with Crippen LogP contribution in [0.2, 0.25) is 0 Å². The first-order valence-corrected chi connectivity index (χ1v) is 7.08. The smallest absolute Gasteiger partial charge is 0.278 e. The SMILES string of the molecule is CON(C)C(=O)[C@@H]1OC(C)(C)O[C@H]1C(=O)Cc1ccccc1. The molecule has 0 aromatic heterocycles. The molecule has 120 valence electrons. The van der Waals surface area contributed by atoms with Crippen LogP contribution in [0.4, 0.5) is 0 Å². The molecule has 0 saturated carbocycles. The molecule has 0 N–H and O–H groups in total. The van der Waals surface area contributed by atoms with E-state index in [1.54, 1.807) is 13.8 Å². The number of ketones is 1. The van der Waals surface area contributed by atoms with Gasteiger partial charge in [0.15, 0.2) is 23.8 Å². The van der Waals surface area contributed by atoms with Gasteiger partial charge in [-0.25, -0.2) is 5.06 Å². The van der Waals surface area contributed by atoms with Gasteiger partial charge in [-0.05, 0) is 19.4 Å². The van der Waals surface area contributed by atoms with Crippen molar-refractivity contribution in [1.82, 2.24) is 5.06 Å². The summed E-state index contributed by atoms with van der Waals surface area (Å²) in [5.41, 5.74) is 0.868. The van der Waals surface area contributed by atoms with Crippen LogP contribution in [0, 0.1) is 0 Å². The maximum absolute atomic E-state index is 12.5. The van der Waals surface area contributed by atoms with Gasteiger partial charge in [0, 0.05) is 13.5 Å². The molecular formula is C16H21NO5. The molecule has 22 heavy (non-hydrogen) atoms. The maximum Gasteiger partial charge on any atom is 0.278 e. The van der Waals surface area contributed by atoms with Crippen molar-refractivity contribution < 1.29 is 23.9 Å². The minimum Gasteiger partial charge on any atom is -0.336 e. The first-order valence-electron chi connectivity index (χ1n) is 7.08. The lowest BCUT2D eigenvalue weighted by atomic mass is 10.0. The summed E-state index contributed by atoms with van der Waals surface area (Å²) in [5.74, 6) is -1.63. The topological polar surface area (TPSA) is 65.1 Å². The van der Waals surface area contributed by atoms with E-state index in [4.69, 9.17) is 14.3 Å². The molecule has 6 nitrogen and oxygen atoms in total. The van der Waals surface area contributed by atoms with E-state index in [9.17, 15) is 9.59 Å². The van der Waals surface area contributed by atoms with Crippen molar-refractivity contribution in [3.63, 3.8) is 0 Å². The second-order valence-corrected chi connectivity index (χ2v) is 5.62. The molecule has 1 aliphatic heterocycles. The summed E-state index contributed by atoms with van der Waals surface area (Å²) in [6.07, 6.45) is -1.76. The predicted molar refractivity (Wildman–Crippen MR) is 78.8 cm³/mol. The summed E-state index contributed by atoms with van der Waals surface area (Å²) < 4.78 is 11.2. The van der Waals surface area contributed by atoms with E-state index in [0.717, 1.165) is 10.6 Å². The van der Waals surface area contributed by atoms with Crippen molar-refractivity contribution in [3.05, 3.63) is 35.9 Å². The van der Waals surface area contributed by atoms with Crippen LogP contribution in [-0.4, -0.2) is 48.9 Å². The van der Waals surface area contributed by atoms with Gasteiger partial charge in [0.1, 0.15) is 0 Å². The van der Waals surface area contributed by atoms with Gasteiger partial charge in [0.05, 0.1) is 7.11 Å². The first-order chi connectivity index (χ1) is 10.3. The number of benzene rings is 1. The van der Waals surface area contributed by atoms with Crippen LogP contribution in [-0.2, 0) is 30.3 Å². The van der Waals surface area contributed by atoms with Crippen molar-refractivity contribution in [2.24, 2.45) is 0 Å². The molecule has 1 amide bonds. The van der Waals surface area contributed by atoms with Crippen molar-refractivity contribution >= 4 is 11.7 Å². The number of hydrogen-bond acceptors (Lipinski definition) is 5. The first kappa shape index (κ1) is 16.6. The molecule has 0 unspecified atom stereocenters. The number of hydroxylamine groups is 2. The molecule has 0 aliphatic carbocycles. The molecule has 0 radical (unpaired) electrons. The van der Waals surface area contributed by atoms with Crippen molar-refractivity contribution in [2.45, 2.75) is 38.3 Å². The maximum atomic E-state index is 12.5. The summed E-state index contributed by atoms with van der Waals surface area (Å²) in [6, 6.07) is 9.32. The molecule has 1 aromatic carbocycles. The van der Waals surface area contributed by atoms with E-state index in [1.807, 2.05) is 30.3 Å². The Morgan fingerprint density at radius 2 is 1.77 bits per heavy atom. The highest BCUT2D eigenvalue weighted by molar-refractivity contribution is 5.93. The Morgan fingerprint density at radius 3 is 2.36 bits per heavy atom. The number of amides is 1. The standard InChI is InChI=1S/C16H21NO5/c1-16(2)21-13(14(22-16)15(19)17(3)20-4)12(18)10-11-8-6-5-7-9-11/h5-9,13-14H,10H2,1-4H3/t13-,14+/m0/s1. The van der Waals surface area contributed by atoms with E-state index in [0.29, 0.717) is 0 Å².